The van der Waals surface area contributed by atoms with Crippen molar-refractivity contribution in [3.8, 4) is 16.3 Å². The monoisotopic (exact) mass is 243 g/mol. The third-order valence-electron chi connectivity index (χ3n) is 2.55. The van der Waals surface area contributed by atoms with E-state index in [0.717, 1.165) is 20.8 Å². The Morgan fingerprint density at radius 3 is 2.88 bits per heavy atom. The average Bonchev–Trinajstić information content (AvgIpc) is 2.35. The third-order valence-corrected chi connectivity index (χ3v) is 3.65. The first-order valence-electron chi connectivity index (χ1n) is 5.15. The Morgan fingerprint density at radius 1 is 1.24 bits per heavy atom. The van der Waals surface area contributed by atoms with Crippen LogP contribution < -0.4 is 10.2 Å². The van der Waals surface area contributed by atoms with Crippen LogP contribution >= 0.6 is 11.3 Å². The van der Waals surface area contributed by atoms with Gasteiger partial charge in [0, 0.05) is 12.1 Å². The number of rotatable bonds is 1. The smallest absolute Gasteiger partial charge is 0.183 e. The van der Waals surface area contributed by atoms with Gasteiger partial charge in [-0.3, -0.25) is 4.79 Å². The molecule has 0 bridgehead atoms. The fourth-order valence-electron chi connectivity index (χ4n) is 1.78. The maximum atomic E-state index is 11.5. The summed E-state index contributed by atoms with van der Waals surface area (Å²) in [4.78, 5) is 16.9. The fourth-order valence-corrected chi connectivity index (χ4v) is 2.80. The Bertz CT molecular complexity index is 720. The molecule has 0 atom stereocenters. The lowest BCUT2D eigenvalue weighted by atomic mass is 10.2. The number of hydrogen-bond donors (Lipinski definition) is 0. The van der Waals surface area contributed by atoms with Gasteiger partial charge in [0.2, 0.25) is 0 Å². The van der Waals surface area contributed by atoms with Crippen LogP contribution in [0.15, 0.2) is 41.2 Å². The Kier molecular flexibility index (Phi) is 2.30. The number of methoxy groups -OCH3 is 1. The summed E-state index contributed by atoms with van der Waals surface area (Å²) in [5, 5.41) is 0. The standard InChI is InChI=1S/C13H9NO2S/c1-16-10-6-8(15)7-12-13(10)14-9-4-2-3-5-11(9)17-12/h2-7H,1H3. The largest absolute Gasteiger partial charge is 0.494 e. The van der Waals surface area contributed by atoms with Gasteiger partial charge in [-0.2, -0.15) is 0 Å². The van der Waals surface area contributed by atoms with E-state index in [1.165, 1.54) is 6.07 Å². The lowest BCUT2D eigenvalue weighted by Crippen LogP contribution is -2.02. The second-order valence-electron chi connectivity index (χ2n) is 3.65. The van der Waals surface area contributed by atoms with Gasteiger partial charge in [0.25, 0.3) is 0 Å². The molecule has 4 heteroatoms. The van der Waals surface area contributed by atoms with Crippen LogP contribution in [0.5, 0.6) is 5.75 Å². The molecule has 3 rings (SSSR count). The van der Waals surface area contributed by atoms with Gasteiger partial charge in [0.1, 0.15) is 11.4 Å². The topological polar surface area (TPSA) is 39.2 Å². The molecule has 3 nitrogen and oxygen atoms in total. The van der Waals surface area contributed by atoms with E-state index in [0.29, 0.717) is 5.75 Å². The molecule has 0 saturated carbocycles. The molecule has 84 valence electrons. The van der Waals surface area contributed by atoms with Crippen molar-refractivity contribution in [2.75, 3.05) is 7.11 Å². The van der Waals surface area contributed by atoms with Gasteiger partial charge in [-0.05, 0) is 12.1 Å². The van der Waals surface area contributed by atoms with E-state index in [4.69, 9.17) is 4.74 Å². The number of aromatic nitrogens is 1. The van der Waals surface area contributed by atoms with Crippen molar-refractivity contribution < 1.29 is 4.74 Å². The van der Waals surface area contributed by atoms with Gasteiger partial charge in [0.15, 0.2) is 5.43 Å². The van der Waals surface area contributed by atoms with E-state index in [1.807, 2.05) is 24.3 Å². The maximum Gasteiger partial charge on any atom is 0.183 e. The summed E-state index contributed by atoms with van der Waals surface area (Å²) in [5.74, 6) is 0.537. The van der Waals surface area contributed by atoms with Crippen LogP contribution in [0, 0.1) is 0 Å². The molecule has 0 saturated heterocycles. The highest BCUT2D eigenvalue weighted by Crippen LogP contribution is 2.34. The van der Waals surface area contributed by atoms with E-state index >= 15 is 0 Å². The molecular formula is C13H9NO2S. The Morgan fingerprint density at radius 2 is 2.06 bits per heavy atom. The van der Waals surface area contributed by atoms with Crippen LogP contribution in [-0.4, -0.2) is 12.1 Å². The third kappa shape index (κ3) is 1.66. The van der Waals surface area contributed by atoms with Crippen LogP contribution in [0.1, 0.15) is 0 Å². The molecule has 17 heavy (non-hydrogen) atoms. The summed E-state index contributed by atoms with van der Waals surface area (Å²) in [6, 6.07) is 10.9. The Labute approximate surface area is 102 Å². The van der Waals surface area contributed by atoms with Crippen molar-refractivity contribution in [2.24, 2.45) is 0 Å². The van der Waals surface area contributed by atoms with E-state index in [2.05, 4.69) is 4.98 Å². The van der Waals surface area contributed by atoms with Gasteiger partial charge >= 0.3 is 0 Å². The summed E-state index contributed by atoms with van der Waals surface area (Å²) in [5.41, 5.74) is 1.61. The van der Waals surface area contributed by atoms with Crippen LogP contribution in [0.4, 0.5) is 0 Å². The molecule has 1 aromatic carbocycles. The molecule has 1 aliphatic carbocycles. The van der Waals surface area contributed by atoms with Crippen molar-refractivity contribution in [2.45, 2.75) is 0 Å². The number of benzene rings is 2. The normalized spacial score (nSPS) is 10.9. The number of fused-ring (bicyclic) bond motifs is 2. The van der Waals surface area contributed by atoms with E-state index in [-0.39, 0.29) is 5.43 Å². The van der Waals surface area contributed by atoms with Gasteiger partial charge in [-0.25, -0.2) is 4.98 Å². The molecule has 1 aliphatic heterocycles. The molecular weight excluding hydrogens is 234 g/mol. The van der Waals surface area contributed by atoms with Crippen molar-refractivity contribution >= 4 is 21.6 Å². The minimum Gasteiger partial charge on any atom is -0.494 e. The lowest BCUT2D eigenvalue weighted by molar-refractivity contribution is 0.415. The first kappa shape index (κ1) is 10.2. The van der Waals surface area contributed by atoms with Gasteiger partial charge in [-0.15, -0.1) is 11.3 Å². The molecule has 1 heterocycles. The number of para-hydroxylation sites is 1. The van der Waals surface area contributed by atoms with Crippen LogP contribution in [-0.2, 0) is 0 Å². The molecule has 0 radical (unpaired) electrons. The highest BCUT2D eigenvalue weighted by atomic mass is 32.1. The van der Waals surface area contributed by atoms with Crippen molar-refractivity contribution in [1.29, 1.82) is 0 Å². The highest BCUT2D eigenvalue weighted by Gasteiger charge is 2.13. The van der Waals surface area contributed by atoms with Crippen LogP contribution in [0.25, 0.3) is 20.8 Å². The number of ether oxygens (including phenoxy) is 1. The van der Waals surface area contributed by atoms with Crippen LogP contribution in [0.2, 0.25) is 0 Å². The summed E-state index contributed by atoms with van der Waals surface area (Å²) in [6.07, 6.45) is 0. The predicted molar refractivity (Wildman–Crippen MR) is 69.1 cm³/mol. The Hall–Kier alpha value is -1.94. The number of nitrogens with zero attached hydrogens (tertiary/aromatic N) is 1. The second-order valence-corrected chi connectivity index (χ2v) is 4.74. The van der Waals surface area contributed by atoms with E-state index in [9.17, 15) is 4.79 Å². The first-order valence-corrected chi connectivity index (χ1v) is 5.97. The van der Waals surface area contributed by atoms with Gasteiger partial charge in [-0.1, -0.05) is 12.1 Å². The van der Waals surface area contributed by atoms with Crippen LogP contribution in [0.3, 0.4) is 0 Å². The second kappa shape index (κ2) is 3.82. The predicted octanol–water partition coefficient (Wildman–Crippen LogP) is 2.77. The zero-order valence-corrected chi connectivity index (χ0v) is 9.95. The molecule has 0 aromatic heterocycles. The molecule has 0 fully saturated rings. The van der Waals surface area contributed by atoms with Gasteiger partial charge < -0.3 is 4.74 Å². The zero-order chi connectivity index (χ0) is 11.8. The van der Waals surface area contributed by atoms with Crippen molar-refractivity contribution in [3.05, 3.63) is 46.6 Å². The molecule has 0 N–H and O–H groups in total. The molecule has 1 aromatic rings. The van der Waals surface area contributed by atoms with E-state index in [1.54, 1.807) is 24.5 Å². The summed E-state index contributed by atoms with van der Waals surface area (Å²) in [6.45, 7) is 0. The molecule has 2 aliphatic rings. The highest BCUT2D eigenvalue weighted by molar-refractivity contribution is 7.21. The van der Waals surface area contributed by atoms with Gasteiger partial charge in [0.05, 0.1) is 22.2 Å². The molecule has 0 unspecified atom stereocenters. The Balaban J connectivity index is 2.47. The fraction of sp³-hybridized carbons (Fsp3) is 0.0769. The summed E-state index contributed by atoms with van der Waals surface area (Å²) in [7, 11) is 1.55. The van der Waals surface area contributed by atoms with E-state index < -0.39 is 0 Å². The average molecular weight is 243 g/mol. The minimum absolute atomic E-state index is 0.0531. The molecule has 0 amide bonds. The van der Waals surface area contributed by atoms with Crippen molar-refractivity contribution in [1.82, 2.24) is 4.98 Å². The SMILES string of the molecule is COc1cc(=O)cc2sc3ccccc3nc1-2. The lowest BCUT2D eigenvalue weighted by Gasteiger charge is -2.09. The quantitative estimate of drug-likeness (QED) is 0.617. The summed E-state index contributed by atoms with van der Waals surface area (Å²) >= 11 is 1.55. The maximum absolute atomic E-state index is 11.5. The first-order chi connectivity index (χ1) is 8.28. The molecule has 0 spiro atoms. The number of hydrogen-bond acceptors (Lipinski definition) is 4. The van der Waals surface area contributed by atoms with Crippen molar-refractivity contribution in [3.63, 3.8) is 0 Å². The minimum atomic E-state index is -0.0531. The zero-order valence-electron chi connectivity index (χ0n) is 9.14. The summed E-state index contributed by atoms with van der Waals surface area (Å²) < 4.78 is 6.26.